The molecule has 0 aliphatic rings. The molecule has 1 N–H and O–H groups in total. The monoisotopic (exact) mass is 374 g/mol. The third-order valence-corrected chi connectivity index (χ3v) is 4.64. The Bertz CT molecular complexity index is 1170. The number of aromatic nitrogens is 1. The SMILES string of the molecule is Cc1cc(C)c(-c2nc3cc(NC(=O)c4ccc(F)cc4)ccc3o2)c(C)c1. The van der Waals surface area contributed by atoms with E-state index in [4.69, 9.17) is 4.42 Å². The maximum absolute atomic E-state index is 13.0. The highest BCUT2D eigenvalue weighted by Gasteiger charge is 2.15. The summed E-state index contributed by atoms with van der Waals surface area (Å²) in [5.41, 5.74) is 6.68. The highest BCUT2D eigenvalue weighted by atomic mass is 19.1. The van der Waals surface area contributed by atoms with Crippen LogP contribution in [0.2, 0.25) is 0 Å². The fraction of sp³-hybridized carbons (Fsp3) is 0.130. The van der Waals surface area contributed by atoms with Crippen molar-refractivity contribution in [2.75, 3.05) is 5.32 Å². The Morgan fingerprint density at radius 1 is 0.964 bits per heavy atom. The molecule has 0 atom stereocenters. The first kappa shape index (κ1) is 17.9. The summed E-state index contributed by atoms with van der Waals surface area (Å²) >= 11 is 0. The Balaban J connectivity index is 1.65. The number of hydrogen-bond acceptors (Lipinski definition) is 3. The first-order valence-corrected chi connectivity index (χ1v) is 8.96. The van der Waals surface area contributed by atoms with E-state index in [1.807, 2.05) is 13.8 Å². The van der Waals surface area contributed by atoms with Gasteiger partial charge in [-0.3, -0.25) is 4.79 Å². The minimum absolute atomic E-state index is 0.312. The molecule has 0 saturated carbocycles. The van der Waals surface area contributed by atoms with E-state index < -0.39 is 0 Å². The number of halogens is 1. The molecule has 140 valence electrons. The molecular weight excluding hydrogens is 355 g/mol. The van der Waals surface area contributed by atoms with Crippen molar-refractivity contribution in [1.29, 1.82) is 0 Å². The second-order valence-corrected chi connectivity index (χ2v) is 6.94. The molecule has 0 aliphatic carbocycles. The van der Waals surface area contributed by atoms with Gasteiger partial charge in [0.2, 0.25) is 5.89 Å². The van der Waals surface area contributed by atoms with Crippen LogP contribution in [0.3, 0.4) is 0 Å². The zero-order chi connectivity index (χ0) is 19.8. The van der Waals surface area contributed by atoms with Crippen LogP contribution in [-0.4, -0.2) is 10.9 Å². The van der Waals surface area contributed by atoms with Crippen molar-refractivity contribution in [2.24, 2.45) is 0 Å². The van der Waals surface area contributed by atoms with E-state index in [0.29, 0.717) is 28.2 Å². The molecule has 4 nitrogen and oxygen atoms in total. The van der Waals surface area contributed by atoms with E-state index in [9.17, 15) is 9.18 Å². The van der Waals surface area contributed by atoms with Crippen molar-refractivity contribution < 1.29 is 13.6 Å². The van der Waals surface area contributed by atoms with Crippen molar-refractivity contribution in [2.45, 2.75) is 20.8 Å². The van der Waals surface area contributed by atoms with E-state index in [2.05, 4.69) is 29.4 Å². The predicted octanol–water partition coefficient (Wildman–Crippen LogP) is 5.81. The number of nitrogens with zero attached hydrogens (tertiary/aromatic N) is 1. The summed E-state index contributed by atoms with van der Waals surface area (Å²) in [5, 5.41) is 2.81. The number of carbonyl (C=O) groups is 1. The van der Waals surface area contributed by atoms with Crippen LogP contribution in [-0.2, 0) is 0 Å². The van der Waals surface area contributed by atoms with Gasteiger partial charge in [0.05, 0.1) is 0 Å². The Morgan fingerprint density at radius 3 is 2.32 bits per heavy atom. The number of oxazole rings is 1. The molecule has 28 heavy (non-hydrogen) atoms. The number of amides is 1. The lowest BCUT2D eigenvalue weighted by molar-refractivity contribution is 0.102. The minimum Gasteiger partial charge on any atom is -0.436 e. The van der Waals surface area contributed by atoms with Gasteiger partial charge in [-0.05, 0) is 74.4 Å². The van der Waals surface area contributed by atoms with Crippen LogP contribution in [0, 0.1) is 26.6 Å². The maximum Gasteiger partial charge on any atom is 0.255 e. The summed E-state index contributed by atoms with van der Waals surface area (Å²) < 4.78 is 19.0. The summed E-state index contributed by atoms with van der Waals surface area (Å²) in [6.45, 7) is 6.14. The predicted molar refractivity (Wildman–Crippen MR) is 108 cm³/mol. The van der Waals surface area contributed by atoms with Crippen molar-refractivity contribution in [3.8, 4) is 11.5 Å². The third-order valence-electron chi connectivity index (χ3n) is 4.64. The van der Waals surface area contributed by atoms with Gasteiger partial charge in [0.25, 0.3) is 5.91 Å². The molecule has 4 aromatic rings. The smallest absolute Gasteiger partial charge is 0.255 e. The van der Waals surface area contributed by atoms with E-state index in [1.165, 1.54) is 29.8 Å². The minimum atomic E-state index is -0.380. The fourth-order valence-electron chi connectivity index (χ4n) is 3.43. The van der Waals surface area contributed by atoms with Gasteiger partial charge < -0.3 is 9.73 Å². The number of rotatable bonds is 3. The first-order chi connectivity index (χ1) is 13.4. The third kappa shape index (κ3) is 3.39. The molecule has 1 heterocycles. The lowest BCUT2D eigenvalue weighted by Crippen LogP contribution is -2.11. The van der Waals surface area contributed by atoms with Crippen LogP contribution in [0.5, 0.6) is 0 Å². The summed E-state index contributed by atoms with van der Waals surface area (Å²) in [4.78, 5) is 17.0. The number of hydrogen-bond donors (Lipinski definition) is 1. The van der Waals surface area contributed by atoms with Crippen molar-refractivity contribution in [1.82, 2.24) is 4.98 Å². The summed E-state index contributed by atoms with van der Waals surface area (Å²) in [6, 6.07) is 14.9. The lowest BCUT2D eigenvalue weighted by atomic mass is 10.00. The normalized spacial score (nSPS) is 11.0. The van der Waals surface area contributed by atoms with Crippen LogP contribution in [0.15, 0.2) is 59.0 Å². The summed E-state index contributed by atoms with van der Waals surface area (Å²) in [6.07, 6.45) is 0. The average Bonchev–Trinajstić information content (AvgIpc) is 3.04. The van der Waals surface area contributed by atoms with Crippen LogP contribution in [0.25, 0.3) is 22.6 Å². The zero-order valence-corrected chi connectivity index (χ0v) is 15.8. The number of aryl methyl sites for hydroxylation is 3. The van der Waals surface area contributed by atoms with E-state index >= 15 is 0 Å². The fourth-order valence-corrected chi connectivity index (χ4v) is 3.43. The molecule has 4 rings (SSSR count). The highest BCUT2D eigenvalue weighted by molar-refractivity contribution is 6.04. The number of benzene rings is 3. The lowest BCUT2D eigenvalue weighted by Gasteiger charge is -2.07. The number of nitrogens with one attached hydrogen (secondary N) is 1. The van der Waals surface area contributed by atoms with Gasteiger partial charge >= 0.3 is 0 Å². The molecule has 1 amide bonds. The molecular formula is C23H19FN2O2. The number of carbonyl (C=O) groups excluding carboxylic acids is 1. The summed E-state index contributed by atoms with van der Waals surface area (Å²) in [7, 11) is 0. The first-order valence-electron chi connectivity index (χ1n) is 8.96. The van der Waals surface area contributed by atoms with E-state index in [-0.39, 0.29) is 11.7 Å². The molecule has 0 bridgehead atoms. The van der Waals surface area contributed by atoms with Gasteiger partial charge in [-0.2, -0.15) is 0 Å². The Labute approximate surface area is 162 Å². The second kappa shape index (κ2) is 6.93. The molecule has 0 unspecified atom stereocenters. The van der Waals surface area contributed by atoms with Crippen molar-refractivity contribution in [3.05, 3.63) is 82.7 Å². The van der Waals surface area contributed by atoms with Crippen LogP contribution < -0.4 is 5.32 Å². The van der Waals surface area contributed by atoms with Crippen LogP contribution in [0.1, 0.15) is 27.0 Å². The second-order valence-electron chi connectivity index (χ2n) is 6.94. The zero-order valence-electron chi connectivity index (χ0n) is 15.8. The molecule has 0 spiro atoms. The average molecular weight is 374 g/mol. The van der Waals surface area contributed by atoms with Gasteiger partial charge in [-0.15, -0.1) is 0 Å². The number of anilines is 1. The quantitative estimate of drug-likeness (QED) is 0.492. The largest absolute Gasteiger partial charge is 0.436 e. The van der Waals surface area contributed by atoms with Crippen LogP contribution >= 0.6 is 0 Å². The molecule has 1 aromatic heterocycles. The van der Waals surface area contributed by atoms with Gasteiger partial charge in [0.1, 0.15) is 11.3 Å². The molecule has 0 saturated heterocycles. The molecule has 0 radical (unpaired) electrons. The number of fused-ring (bicyclic) bond motifs is 1. The Hall–Kier alpha value is -3.47. The van der Waals surface area contributed by atoms with Gasteiger partial charge in [-0.1, -0.05) is 17.7 Å². The summed E-state index contributed by atoms with van der Waals surface area (Å²) in [5.74, 6) is -0.130. The maximum atomic E-state index is 13.0. The van der Waals surface area contributed by atoms with E-state index in [1.54, 1.807) is 18.2 Å². The topological polar surface area (TPSA) is 55.1 Å². The Kier molecular flexibility index (Phi) is 4.43. The van der Waals surface area contributed by atoms with Gasteiger partial charge in [-0.25, -0.2) is 9.37 Å². The van der Waals surface area contributed by atoms with Crippen molar-refractivity contribution >= 4 is 22.7 Å². The van der Waals surface area contributed by atoms with Gasteiger partial charge in [0.15, 0.2) is 5.58 Å². The van der Waals surface area contributed by atoms with Gasteiger partial charge in [0, 0.05) is 16.8 Å². The van der Waals surface area contributed by atoms with Crippen molar-refractivity contribution in [3.63, 3.8) is 0 Å². The standard InChI is InChI=1S/C23H19FN2O2/c1-13-10-14(2)21(15(3)11-13)23-26-19-12-18(8-9-20(19)28-23)25-22(27)16-4-6-17(24)7-5-16/h4-12H,1-3H3,(H,25,27). The van der Waals surface area contributed by atoms with E-state index in [0.717, 1.165) is 16.7 Å². The Morgan fingerprint density at radius 2 is 1.64 bits per heavy atom. The molecule has 3 aromatic carbocycles. The molecule has 0 aliphatic heterocycles. The molecule has 0 fully saturated rings. The molecule has 5 heteroatoms. The van der Waals surface area contributed by atoms with Crippen LogP contribution in [0.4, 0.5) is 10.1 Å². The highest BCUT2D eigenvalue weighted by Crippen LogP contribution is 2.31.